The van der Waals surface area contributed by atoms with E-state index in [1.807, 2.05) is 19.1 Å². The Morgan fingerprint density at radius 2 is 1.88 bits per heavy atom. The third-order valence-electron chi connectivity index (χ3n) is 3.83. The van der Waals surface area contributed by atoms with Crippen molar-refractivity contribution < 1.29 is 4.39 Å². The van der Waals surface area contributed by atoms with Gasteiger partial charge in [-0.05, 0) is 36.5 Å². The van der Waals surface area contributed by atoms with Gasteiger partial charge in [0.15, 0.2) is 0 Å². The van der Waals surface area contributed by atoms with E-state index >= 15 is 0 Å². The Labute approximate surface area is 103 Å². The van der Waals surface area contributed by atoms with Crippen molar-refractivity contribution in [1.82, 2.24) is 0 Å². The van der Waals surface area contributed by atoms with Gasteiger partial charge in [-0.1, -0.05) is 19.9 Å². The molecular weight excluding hydrogens is 215 g/mol. The van der Waals surface area contributed by atoms with Gasteiger partial charge in [0, 0.05) is 19.1 Å². The van der Waals surface area contributed by atoms with Gasteiger partial charge in [-0.2, -0.15) is 0 Å². The van der Waals surface area contributed by atoms with Crippen molar-refractivity contribution in [2.24, 2.45) is 17.6 Å². The lowest BCUT2D eigenvalue weighted by Gasteiger charge is -2.20. The highest BCUT2D eigenvalue weighted by Gasteiger charge is 2.27. The molecule has 1 aliphatic rings. The highest BCUT2D eigenvalue weighted by molar-refractivity contribution is 5.50. The molecule has 94 valence electrons. The number of hydrogen-bond acceptors (Lipinski definition) is 2. The fraction of sp³-hybridized carbons (Fsp3) is 0.571. The molecule has 0 saturated carbocycles. The molecule has 2 N–H and O–H groups in total. The number of nitrogens with two attached hydrogens (primary N) is 1. The van der Waals surface area contributed by atoms with Crippen LogP contribution in [-0.2, 0) is 0 Å². The van der Waals surface area contributed by atoms with Gasteiger partial charge in [0.05, 0.1) is 5.69 Å². The maximum atomic E-state index is 14.0. The van der Waals surface area contributed by atoms with Crippen LogP contribution in [0.5, 0.6) is 0 Å². The van der Waals surface area contributed by atoms with E-state index < -0.39 is 0 Å². The summed E-state index contributed by atoms with van der Waals surface area (Å²) in [5.41, 5.74) is 7.32. The van der Waals surface area contributed by atoms with Crippen molar-refractivity contribution in [3.63, 3.8) is 0 Å². The molecule has 2 nitrogen and oxygen atoms in total. The molecule has 3 heteroatoms. The lowest BCUT2D eigenvalue weighted by atomic mass is 10.0. The van der Waals surface area contributed by atoms with E-state index in [0.717, 1.165) is 18.7 Å². The van der Waals surface area contributed by atoms with Crippen molar-refractivity contribution >= 4 is 5.69 Å². The topological polar surface area (TPSA) is 29.3 Å². The first-order valence-electron chi connectivity index (χ1n) is 6.29. The van der Waals surface area contributed by atoms with Crippen molar-refractivity contribution in [2.75, 3.05) is 18.0 Å². The average molecular weight is 236 g/mol. The first kappa shape index (κ1) is 12.4. The molecule has 1 heterocycles. The van der Waals surface area contributed by atoms with Crippen LogP contribution in [0.25, 0.3) is 0 Å². The van der Waals surface area contributed by atoms with Crippen molar-refractivity contribution in [3.05, 3.63) is 29.6 Å². The van der Waals surface area contributed by atoms with E-state index in [-0.39, 0.29) is 11.9 Å². The molecule has 3 atom stereocenters. The quantitative estimate of drug-likeness (QED) is 0.855. The van der Waals surface area contributed by atoms with E-state index in [9.17, 15) is 4.39 Å². The van der Waals surface area contributed by atoms with Crippen LogP contribution >= 0.6 is 0 Å². The van der Waals surface area contributed by atoms with Gasteiger partial charge in [-0.25, -0.2) is 4.39 Å². The first-order chi connectivity index (χ1) is 7.99. The highest BCUT2D eigenvalue weighted by Crippen LogP contribution is 2.30. The number of rotatable bonds is 2. The maximum Gasteiger partial charge on any atom is 0.146 e. The Morgan fingerprint density at radius 3 is 2.35 bits per heavy atom. The van der Waals surface area contributed by atoms with Gasteiger partial charge in [0.1, 0.15) is 5.82 Å². The molecule has 1 saturated heterocycles. The van der Waals surface area contributed by atoms with E-state index in [1.54, 1.807) is 6.07 Å². The maximum absolute atomic E-state index is 14.0. The van der Waals surface area contributed by atoms with E-state index in [1.165, 1.54) is 0 Å². The summed E-state index contributed by atoms with van der Waals surface area (Å²) in [6.07, 6.45) is 0. The third kappa shape index (κ3) is 2.44. The summed E-state index contributed by atoms with van der Waals surface area (Å²) < 4.78 is 14.0. The Kier molecular flexibility index (Phi) is 3.38. The number of anilines is 1. The van der Waals surface area contributed by atoms with Crippen LogP contribution in [0, 0.1) is 17.7 Å². The smallest absolute Gasteiger partial charge is 0.146 e. The summed E-state index contributed by atoms with van der Waals surface area (Å²) in [4.78, 5) is 2.13. The summed E-state index contributed by atoms with van der Waals surface area (Å²) in [5, 5.41) is 0. The molecule has 1 aromatic rings. The van der Waals surface area contributed by atoms with E-state index in [2.05, 4.69) is 18.7 Å². The highest BCUT2D eigenvalue weighted by atomic mass is 19.1. The number of benzene rings is 1. The van der Waals surface area contributed by atoms with Gasteiger partial charge >= 0.3 is 0 Å². The second-order valence-electron chi connectivity index (χ2n) is 5.36. The third-order valence-corrected chi connectivity index (χ3v) is 3.83. The van der Waals surface area contributed by atoms with Crippen LogP contribution in [-0.4, -0.2) is 13.1 Å². The molecule has 2 unspecified atom stereocenters. The Bertz CT molecular complexity index is 393. The monoisotopic (exact) mass is 236 g/mol. The normalized spacial score (nSPS) is 26.3. The molecule has 2 rings (SSSR count). The van der Waals surface area contributed by atoms with Gasteiger partial charge in [-0.3, -0.25) is 0 Å². The number of halogens is 1. The zero-order valence-electron chi connectivity index (χ0n) is 10.8. The molecule has 0 spiro atoms. The van der Waals surface area contributed by atoms with Crippen LogP contribution in [0.1, 0.15) is 32.4 Å². The average Bonchev–Trinajstić information content (AvgIpc) is 2.58. The lowest BCUT2D eigenvalue weighted by Crippen LogP contribution is -2.21. The van der Waals surface area contributed by atoms with Crippen molar-refractivity contribution in [2.45, 2.75) is 26.8 Å². The number of hydrogen-bond donors (Lipinski definition) is 1. The largest absolute Gasteiger partial charge is 0.369 e. The molecule has 1 aliphatic heterocycles. The lowest BCUT2D eigenvalue weighted by molar-refractivity contribution is 0.494. The number of nitrogens with zero attached hydrogens (tertiary/aromatic N) is 1. The summed E-state index contributed by atoms with van der Waals surface area (Å²) in [6.45, 7) is 8.19. The SMILES string of the molecule is CC1CN(c2ccc([C@H](C)N)cc2F)CC1C. The van der Waals surface area contributed by atoms with Crippen LogP contribution in [0.2, 0.25) is 0 Å². The molecule has 0 bridgehead atoms. The van der Waals surface area contributed by atoms with Crippen LogP contribution in [0.15, 0.2) is 18.2 Å². The van der Waals surface area contributed by atoms with Crippen LogP contribution < -0.4 is 10.6 Å². The summed E-state index contributed by atoms with van der Waals surface area (Å²) >= 11 is 0. The molecule has 0 aliphatic carbocycles. The minimum atomic E-state index is -0.152. The fourth-order valence-corrected chi connectivity index (χ4v) is 2.39. The molecule has 1 aromatic carbocycles. The summed E-state index contributed by atoms with van der Waals surface area (Å²) in [5.74, 6) is 1.10. The second kappa shape index (κ2) is 4.65. The van der Waals surface area contributed by atoms with E-state index in [0.29, 0.717) is 17.5 Å². The molecule has 0 aromatic heterocycles. The van der Waals surface area contributed by atoms with Gasteiger partial charge < -0.3 is 10.6 Å². The molecular formula is C14H21FN2. The van der Waals surface area contributed by atoms with Crippen LogP contribution in [0.3, 0.4) is 0 Å². The second-order valence-corrected chi connectivity index (χ2v) is 5.36. The minimum absolute atomic E-state index is 0.116. The Morgan fingerprint density at radius 1 is 1.29 bits per heavy atom. The standard InChI is InChI=1S/C14H21FN2/c1-9-7-17(8-10(9)2)14-5-4-12(11(3)16)6-13(14)15/h4-6,9-11H,7-8,16H2,1-3H3/t9?,10?,11-/m0/s1. The van der Waals surface area contributed by atoms with Gasteiger partial charge in [-0.15, -0.1) is 0 Å². The predicted octanol–water partition coefficient (Wildman–Crippen LogP) is 2.94. The molecule has 0 radical (unpaired) electrons. The zero-order chi connectivity index (χ0) is 12.6. The molecule has 1 fully saturated rings. The Balaban J connectivity index is 2.23. The Hall–Kier alpha value is -1.09. The predicted molar refractivity (Wildman–Crippen MR) is 69.5 cm³/mol. The fourth-order valence-electron chi connectivity index (χ4n) is 2.39. The van der Waals surface area contributed by atoms with Gasteiger partial charge in [0.2, 0.25) is 0 Å². The van der Waals surface area contributed by atoms with E-state index in [4.69, 9.17) is 5.73 Å². The van der Waals surface area contributed by atoms with Crippen molar-refractivity contribution in [1.29, 1.82) is 0 Å². The zero-order valence-corrected chi connectivity index (χ0v) is 10.8. The summed E-state index contributed by atoms with van der Waals surface area (Å²) in [6, 6.07) is 5.23. The molecule has 0 amide bonds. The van der Waals surface area contributed by atoms with Crippen molar-refractivity contribution in [3.8, 4) is 0 Å². The van der Waals surface area contributed by atoms with Crippen LogP contribution in [0.4, 0.5) is 10.1 Å². The first-order valence-corrected chi connectivity index (χ1v) is 6.29. The summed E-state index contributed by atoms with van der Waals surface area (Å²) in [7, 11) is 0. The molecule has 17 heavy (non-hydrogen) atoms. The minimum Gasteiger partial charge on any atom is -0.369 e. The van der Waals surface area contributed by atoms with Gasteiger partial charge in [0.25, 0.3) is 0 Å².